The van der Waals surface area contributed by atoms with Crippen molar-refractivity contribution < 1.29 is 14.6 Å². The molecule has 10 heteroatoms. The molecule has 0 aliphatic heterocycles. The average Bonchev–Trinajstić information content (AvgIpc) is 3.30. The lowest BCUT2D eigenvalue weighted by Gasteiger charge is -2.18. The fraction of sp³-hybridized carbons (Fsp3) is 0.250. The van der Waals surface area contributed by atoms with E-state index in [1.54, 1.807) is 32.3 Å². The highest BCUT2D eigenvalue weighted by Crippen LogP contribution is 2.33. The topological polar surface area (TPSA) is 117 Å². The Morgan fingerprint density at radius 3 is 2.47 bits per heavy atom. The number of hydrogen-bond acceptors (Lipinski definition) is 5. The van der Waals surface area contributed by atoms with Crippen LogP contribution in [0.1, 0.15) is 29.2 Å². The van der Waals surface area contributed by atoms with Crippen molar-refractivity contribution in [2.24, 2.45) is 14.1 Å². The van der Waals surface area contributed by atoms with Crippen LogP contribution in [0.25, 0.3) is 16.7 Å². The van der Waals surface area contributed by atoms with Crippen LogP contribution >= 0.6 is 0 Å². The van der Waals surface area contributed by atoms with Crippen LogP contribution < -0.4 is 21.7 Å². The zero-order valence-electron chi connectivity index (χ0n) is 18.8. The fourth-order valence-corrected chi connectivity index (χ4v) is 4.79. The predicted octanol–water partition coefficient (Wildman–Crippen LogP) is 2.09. The number of rotatable bonds is 3. The molecule has 0 bridgehead atoms. The summed E-state index contributed by atoms with van der Waals surface area (Å²) >= 11 is 0. The summed E-state index contributed by atoms with van der Waals surface area (Å²) in [6.07, 6.45) is 0.645. The molecule has 2 aromatic carbocycles. The quantitative estimate of drug-likeness (QED) is 0.466. The Hall–Kier alpha value is -4.34. The van der Waals surface area contributed by atoms with Crippen LogP contribution in [0.5, 0.6) is 5.75 Å². The van der Waals surface area contributed by atoms with Crippen molar-refractivity contribution in [2.75, 3.05) is 0 Å². The molecule has 5 rings (SSSR count). The van der Waals surface area contributed by atoms with E-state index in [0.29, 0.717) is 29.6 Å². The molecule has 2 heterocycles. The van der Waals surface area contributed by atoms with Crippen molar-refractivity contribution in [3.63, 3.8) is 0 Å². The Labute approximate surface area is 192 Å². The van der Waals surface area contributed by atoms with Crippen LogP contribution in [-0.2, 0) is 20.5 Å². The molecule has 1 unspecified atom stereocenters. The van der Waals surface area contributed by atoms with E-state index in [0.717, 1.165) is 27.5 Å². The monoisotopic (exact) mass is 462 g/mol. The van der Waals surface area contributed by atoms with Crippen LogP contribution in [0.3, 0.4) is 0 Å². The maximum absolute atomic E-state index is 13.7. The average molecular weight is 462 g/mol. The molecule has 34 heavy (non-hydrogen) atoms. The molecule has 174 valence electrons. The number of nitrogens with zero attached hydrogens (tertiary/aromatic N) is 4. The molecular formula is C24H22N4O6. The molecule has 1 aliphatic carbocycles. The Balaban J connectivity index is 1.78. The van der Waals surface area contributed by atoms with Gasteiger partial charge in [-0.3, -0.25) is 18.5 Å². The fourth-order valence-electron chi connectivity index (χ4n) is 4.79. The second kappa shape index (κ2) is 7.62. The standard InChI is InChI=1S/C24H22N4O6/c1-13-4-5-14-6-8-17(16(14)10-13)28-21(29)20(34-24(32)33)12-27(23(28)31)15-7-9-18-19(11-15)26(3)22(30)25(18)2/h4-5,7,9-12,17H,6,8H2,1-3H3,(H,32,33). The normalized spacial score (nSPS) is 15.0. The van der Waals surface area contributed by atoms with Gasteiger partial charge < -0.3 is 9.84 Å². The summed E-state index contributed by atoms with van der Waals surface area (Å²) in [5.41, 5.74) is 2.85. The van der Waals surface area contributed by atoms with Crippen molar-refractivity contribution >= 4 is 17.2 Å². The third-order valence-corrected chi connectivity index (χ3v) is 6.48. The van der Waals surface area contributed by atoms with Crippen molar-refractivity contribution in [1.82, 2.24) is 18.3 Å². The number of aromatic nitrogens is 4. The highest BCUT2D eigenvalue weighted by molar-refractivity contribution is 5.78. The molecule has 0 saturated carbocycles. The molecule has 0 amide bonds. The van der Waals surface area contributed by atoms with Crippen LogP contribution in [0.2, 0.25) is 0 Å². The summed E-state index contributed by atoms with van der Waals surface area (Å²) in [5.74, 6) is -0.477. The first kappa shape index (κ1) is 21.5. The highest BCUT2D eigenvalue weighted by atomic mass is 16.7. The maximum Gasteiger partial charge on any atom is 0.511 e. The zero-order valence-corrected chi connectivity index (χ0v) is 18.8. The van der Waals surface area contributed by atoms with Gasteiger partial charge in [-0.2, -0.15) is 0 Å². The third kappa shape index (κ3) is 3.18. The lowest BCUT2D eigenvalue weighted by molar-refractivity contribution is 0.143. The number of ether oxygens (including phenoxy) is 1. The second-order valence-corrected chi connectivity index (χ2v) is 8.52. The minimum absolute atomic E-state index is 0.225. The number of imidazole rings is 1. The van der Waals surface area contributed by atoms with Gasteiger partial charge in [-0.1, -0.05) is 23.8 Å². The molecule has 0 radical (unpaired) electrons. The van der Waals surface area contributed by atoms with Gasteiger partial charge in [-0.25, -0.2) is 19.0 Å². The Kier molecular flexibility index (Phi) is 4.82. The molecule has 0 fully saturated rings. The summed E-state index contributed by atoms with van der Waals surface area (Å²) < 4.78 is 9.96. The van der Waals surface area contributed by atoms with E-state index in [1.807, 2.05) is 25.1 Å². The van der Waals surface area contributed by atoms with Crippen molar-refractivity contribution in [3.8, 4) is 11.4 Å². The molecule has 0 spiro atoms. The van der Waals surface area contributed by atoms with Gasteiger partial charge in [0.2, 0.25) is 5.75 Å². The van der Waals surface area contributed by atoms with Gasteiger partial charge in [0.15, 0.2) is 0 Å². The van der Waals surface area contributed by atoms with E-state index < -0.39 is 29.2 Å². The summed E-state index contributed by atoms with van der Waals surface area (Å²) in [7, 11) is 3.27. The van der Waals surface area contributed by atoms with E-state index >= 15 is 0 Å². The number of hydrogen-bond donors (Lipinski definition) is 1. The van der Waals surface area contributed by atoms with Crippen LogP contribution in [-0.4, -0.2) is 29.5 Å². The van der Waals surface area contributed by atoms with Gasteiger partial charge in [0.1, 0.15) is 0 Å². The third-order valence-electron chi connectivity index (χ3n) is 6.48. The minimum Gasteiger partial charge on any atom is -0.449 e. The van der Waals surface area contributed by atoms with Gasteiger partial charge in [-0.05, 0) is 49.1 Å². The van der Waals surface area contributed by atoms with E-state index in [2.05, 4.69) is 0 Å². The molecule has 2 aromatic heterocycles. The van der Waals surface area contributed by atoms with E-state index in [4.69, 9.17) is 4.74 Å². The first-order valence-corrected chi connectivity index (χ1v) is 10.7. The molecule has 0 saturated heterocycles. The van der Waals surface area contributed by atoms with Gasteiger partial charge in [0, 0.05) is 14.1 Å². The molecule has 4 aromatic rings. The van der Waals surface area contributed by atoms with Crippen LogP contribution in [0, 0.1) is 6.92 Å². The number of carbonyl (C=O) groups is 1. The number of carboxylic acid groups (broad SMARTS) is 1. The smallest absolute Gasteiger partial charge is 0.449 e. The molecule has 1 N–H and O–H groups in total. The second-order valence-electron chi connectivity index (χ2n) is 8.52. The lowest BCUT2D eigenvalue weighted by Crippen LogP contribution is -2.42. The summed E-state index contributed by atoms with van der Waals surface area (Å²) in [5, 5.41) is 9.18. The predicted molar refractivity (Wildman–Crippen MR) is 124 cm³/mol. The maximum atomic E-state index is 13.7. The lowest BCUT2D eigenvalue weighted by atomic mass is 10.0. The first-order valence-electron chi connectivity index (χ1n) is 10.7. The summed E-state index contributed by atoms with van der Waals surface area (Å²) in [4.78, 5) is 50.5. The number of fused-ring (bicyclic) bond motifs is 2. The Morgan fingerprint density at radius 2 is 1.74 bits per heavy atom. The van der Waals surface area contributed by atoms with Crippen LogP contribution in [0.4, 0.5) is 4.79 Å². The van der Waals surface area contributed by atoms with E-state index in [9.17, 15) is 24.3 Å². The molecule has 1 aliphatic rings. The summed E-state index contributed by atoms with van der Waals surface area (Å²) in [6, 6.07) is 10.3. The molecule has 1 atom stereocenters. The first-order chi connectivity index (χ1) is 16.2. The van der Waals surface area contributed by atoms with E-state index in [1.165, 1.54) is 13.7 Å². The van der Waals surface area contributed by atoms with Gasteiger partial charge in [0.05, 0.1) is 29.0 Å². The molecular weight excluding hydrogens is 440 g/mol. The van der Waals surface area contributed by atoms with Gasteiger partial charge in [-0.15, -0.1) is 0 Å². The van der Waals surface area contributed by atoms with Crippen LogP contribution in [0.15, 0.2) is 57.0 Å². The van der Waals surface area contributed by atoms with Gasteiger partial charge in [0.25, 0.3) is 5.56 Å². The van der Waals surface area contributed by atoms with E-state index in [-0.39, 0.29) is 5.69 Å². The summed E-state index contributed by atoms with van der Waals surface area (Å²) in [6.45, 7) is 1.93. The number of benzene rings is 2. The zero-order chi connectivity index (χ0) is 24.3. The Morgan fingerprint density at radius 1 is 1.00 bits per heavy atom. The SMILES string of the molecule is Cc1ccc2c(c1)C(n1c(=O)c(OC(=O)O)cn(-c3ccc4c(c3)n(C)c(=O)n4C)c1=O)CC2. The van der Waals surface area contributed by atoms with Gasteiger partial charge >= 0.3 is 17.5 Å². The van der Waals surface area contributed by atoms with Crippen molar-refractivity contribution in [1.29, 1.82) is 0 Å². The molecule has 10 nitrogen and oxygen atoms in total. The Bertz CT molecular complexity index is 1670. The van der Waals surface area contributed by atoms with Crippen molar-refractivity contribution in [2.45, 2.75) is 25.8 Å². The number of aryl methyl sites for hydroxylation is 4. The minimum atomic E-state index is -1.66. The largest absolute Gasteiger partial charge is 0.511 e. The van der Waals surface area contributed by atoms with Crippen molar-refractivity contribution in [3.05, 3.63) is 90.6 Å². The highest BCUT2D eigenvalue weighted by Gasteiger charge is 2.29.